The van der Waals surface area contributed by atoms with Crippen LogP contribution in [0.1, 0.15) is 0 Å². The van der Waals surface area contributed by atoms with Gasteiger partial charge in [-0.2, -0.15) is 9.20 Å². The van der Waals surface area contributed by atoms with Gasteiger partial charge >= 0.3 is 6.03 Å². The zero-order valence-corrected chi connectivity index (χ0v) is 4.46. The molecular weight excluding hydrogens is 130 g/mol. The largest absolute Gasteiger partial charge is 0.382 e. The lowest BCUT2D eigenvalue weighted by Crippen LogP contribution is -1.86. The maximum absolute atomic E-state index is 10.1. The molecule has 0 unspecified atom stereocenters. The van der Waals surface area contributed by atoms with Gasteiger partial charge in [-0.25, -0.2) is 4.79 Å². The van der Waals surface area contributed by atoms with Crippen LogP contribution in [0.4, 0.5) is 4.79 Å². The third-order valence-corrected chi connectivity index (χ3v) is 1.05. The second-order valence-electron chi connectivity index (χ2n) is 0.955. The number of carbonyl (C=O) groups is 1. The number of hydrogen-bond acceptors (Lipinski definition) is 3. The summed E-state index contributed by atoms with van der Waals surface area (Å²) in [6, 6.07) is -0.738. The molecule has 2 amide bonds. The fourth-order valence-electron chi connectivity index (χ4n) is 0.227. The molecule has 0 bridgehead atoms. The van der Waals surface area contributed by atoms with E-state index in [1.807, 2.05) is 0 Å². The summed E-state index contributed by atoms with van der Waals surface area (Å²) in [6.07, 6.45) is 0.936. The van der Waals surface area contributed by atoms with Crippen molar-refractivity contribution in [3.05, 3.63) is 0 Å². The molecule has 0 saturated carbocycles. The van der Waals surface area contributed by atoms with Gasteiger partial charge in [0, 0.05) is 0 Å². The molecule has 0 aromatic rings. The average molecular weight is 131 g/mol. The Balaban J connectivity index is 3.27. The average Bonchev–Trinajstić information content (AvgIpc) is 1.64. The van der Waals surface area contributed by atoms with Crippen LogP contribution in [0.3, 0.4) is 0 Å². The summed E-state index contributed by atoms with van der Waals surface area (Å²) in [4.78, 5) is 13.1. The predicted octanol–water partition coefficient (Wildman–Crippen LogP) is 0.264. The molecule has 42 valence electrons. The van der Waals surface area contributed by atoms with Crippen molar-refractivity contribution in [1.82, 2.24) is 0 Å². The Morgan fingerprint density at radius 2 is 2.38 bits per heavy atom. The third-order valence-electron chi connectivity index (χ3n) is 0.462. The predicted molar refractivity (Wildman–Crippen MR) is 26.9 cm³/mol. The molecular formula is C2HN3O2S. The first-order chi connectivity index (χ1) is 3.79. The minimum atomic E-state index is -1.72. The number of nitrogens with zero attached hydrogens (tertiary/aromatic N) is 3. The lowest BCUT2D eigenvalue weighted by Gasteiger charge is -1.78. The van der Waals surface area contributed by atoms with Crippen molar-refractivity contribution in [3.63, 3.8) is 0 Å². The van der Waals surface area contributed by atoms with Gasteiger partial charge in [0.25, 0.3) is 0 Å². The number of rotatable bonds is 0. The molecule has 0 N–H and O–H groups in total. The van der Waals surface area contributed by atoms with E-state index in [0.717, 1.165) is 6.34 Å². The lowest BCUT2D eigenvalue weighted by molar-refractivity contribution is 0.257. The summed E-state index contributed by atoms with van der Waals surface area (Å²) in [5.74, 6) is 0. The smallest absolute Gasteiger partial charge is 0.243 e. The molecule has 0 aliphatic carbocycles. The van der Waals surface area contributed by atoms with E-state index >= 15 is 0 Å². The number of hydrogen-bond donors (Lipinski definition) is 0. The van der Waals surface area contributed by atoms with Crippen molar-refractivity contribution in [2.24, 2.45) is 13.7 Å². The van der Waals surface area contributed by atoms with Crippen molar-refractivity contribution in [2.45, 2.75) is 0 Å². The molecule has 0 aromatic carbocycles. The molecule has 0 aromatic heterocycles. The van der Waals surface area contributed by atoms with Gasteiger partial charge in [0.1, 0.15) is 6.34 Å². The van der Waals surface area contributed by atoms with Crippen LogP contribution in [0.2, 0.25) is 0 Å². The SMILES string of the molecule is O=C1N=CN=S(=O)=N1. The summed E-state index contributed by atoms with van der Waals surface area (Å²) in [6.45, 7) is 0. The van der Waals surface area contributed by atoms with Crippen molar-refractivity contribution < 1.29 is 9.00 Å². The highest BCUT2D eigenvalue weighted by Crippen LogP contribution is 1.84. The Labute approximate surface area is 46.4 Å². The van der Waals surface area contributed by atoms with Crippen LogP contribution in [0, 0.1) is 0 Å². The monoisotopic (exact) mass is 131 g/mol. The van der Waals surface area contributed by atoms with Gasteiger partial charge in [0.2, 0.25) is 10.4 Å². The summed E-state index contributed by atoms with van der Waals surface area (Å²) < 4.78 is 16.3. The maximum atomic E-state index is 10.1. The first-order valence-corrected chi connectivity index (χ1v) is 2.76. The molecule has 0 radical (unpaired) electrons. The van der Waals surface area contributed by atoms with Crippen molar-refractivity contribution in [3.8, 4) is 0 Å². The van der Waals surface area contributed by atoms with Gasteiger partial charge in [-0.3, -0.25) is 0 Å². The van der Waals surface area contributed by atoms with Crippen molar-refractivity contribution >= 4 is 22.8 Å². The van der Waals surface area contributed by atoms with Gasteiger partial charge in [0.15, 0.2) is 0 Å². The van der Waals surface area contributed by atoms with Crippen LogP contribution in [0.25, 0.3) is 0 Å². The summed E-state index contributed by atoms with van der Waals surface area (Å²) in [5, 5.41) is 0. The lowest BCUT2D eigenvalue weighted by atomic mass is 11.1. The Bertz CT molecular complexity index is 274. The van der Waals surface area contributed by atoms with Gasteiger partial charge in [0.05, 0.1) is 0 Å². The Hall–Kier alpha value is -1.04. The second-order valence-corrected chi connectivity index (χ2v) is 1.81. The first-order valence-electron chi connectivity index (χ1n) is 1.70. The highest BCUT2D eigenvalue weighted by Gasteiger charge is 1.93. The number of urea groups is 1. The van der Waals surface area contributed by atoms with Gasteiger partial charge < -0.3 is 0 Å². The van der Waals surface area contributed by atoms with E-state index in [0.29, 0.717) is 0 Å². The van der Waals surface area contributed by atoms with Crippen molar-refractivity contribution in [1.29, 1.82) is 0 Å². The van der Waals surface area contributed by atoms with E-state index in [2.05, 4.69) is 13.7 Å². The minimum absolute atomic E-state index is 0.738. The molecule has 1 aliphatic heterocycles. The molecule has 1 aliphatic rings. The van der Waals surface area contributed by atoms with E-state index in [9.17, 15) is 9.00 Å². The fraction of sp³-hybridized carbons (Fsp3) is 0. The van der Waals surface area contributed by atoms with Crippen LogP contribution in [-0.2, 0) is 10.4 Å². The van der Waals surface area contributed by atoms with E-state index in [1.165, 1.54) is 0 Å². The van der Waals surface area contributed by atoms with Crippen LogP contribution in [0.15, 0.2) is 13.7 Å². The van der Waals surface area contributed by atoms with E-state index < -0.39 is 16.4 Å². The van der Waals surface area contributed by atoms with Gasteiger partial charge in [-0.1, -0.05) is 4.36 Å². The topological polar surface area (TPSA) is 71.2 Å². The van der Waals surface area contributed by atoms with Gasteiger partial charge in [-0.15, -0.1) is 4.36 Å². The van der Waals surface area contributed by atoms with Crippen LogP contribution in [-0.4, -0.2) is 16.6 Å². The number of aliphatic imine (C=N–C) groups is 1. The molecule has 1 rings (SSSR count). The van der Waals surface area contributed by atoms with Crippen molar-refractivity contribution in [2.75, 3.05) is 0 Å². The fourth-order valence-corrected chi connectivity index (χ4v) is 0.583. The molecule has 0 saturated heterocycles. The van der Waals surface area contributed by atoms with Crippen LogP contribution >= 0.6 is 0 Å². The van der Waals surface area contributed by atoms with E-state index in [1.54, 1.807) is 0 Å². The quantitative estimate of drug-likeness (QED) is 0.473. The second kappa shape index (κ2) is 1.83. The molecule has 0 atom stereocenters. The number of carbonyl (C=O) groups excluding carboxylic acids is 1. The zero-order valence-electron chi connectivity index (χ0n) is 3.64. The summed E-state index contributed by atoms with van der Waals surface area (Å²) >= 11 is 0. The maximum Gasteiger partial charge on any atom is 0.382 e. The molecule has 5 nitrogen and oxygen atoms in total. The Morgan fingerprint density at radius 1 is 1.62 bits per heavy atom. The standard InChI is InChI=1S/C2HN3O2S/c6-2-3-1-4-8(7)5-2/h1H. The van der Waals surface area contributed by atoms with E-state index in [4.69, 9.17) is 0 Å². The minimum Gasteiger partial charge on any atom is -0.243 e. The van der Waals surface area contributed by atoms with Crippen LogP contribution in [0.5, 0.6) is 0 Å². The number of amides is 2. The van der Waals surface area contributed by atoms with E-state index in [-0.39, 0.29) is 0 Å². The molecule has 1 heterocycles. The Morgan fingerprint density at radius 3 is 2.75 bits per heavy atom. The molecule has 0 spiro atoms. The zero-order chi connectivity index (χ0) is 5.98. The summed E-state index contributed by atoms with van der Waals surface area (Å²) in [5.41, 5.74) is 0. The molecule has 8 heavy (non-hydrogen) atoms. The summed E-state index contributed by atoms with van der Waals surface area (Å²) in [7, 11) is -1.72. The molecule has 0 fully saturated rings. The highest BCUT2D eigenvalue weighted by molar-refractivity contribution is 7.65. The highest BCUT2D eigenvalue weighted by atomic mass is 32.2. The molecule has 6 heteroatoms. The normalized spacial score (nSPS) is 17.5. The first kappa shape index (κ1) is 5.10. The van der Waals surface area contributed by atoms with Gasteiger partial charge in [-0.05, 0) is 0 Å². The Kier molecular flexibility index (Phi) is 1.17. The van der Waals surface area contributed by atoms with Crippen LogP contribution < -0.4 is 0 Å². The third kappa shape index (κ3) is 0.969.